The SMILES string of the molecule is COCC(O)CCNCc1cc(Cl)ccc1F. The Morgan fingerprint density at radius 3 is 3.00 bits per heavy atom. The fraction of sp³-hybridized carbons (Fsp3) is 0.500. The summed E-state index contributed by atoms with van der Waals surface area (Å²) in [6.07, 6.45) is 0.0763. The number of hydrogen-bond acceptors (Lipinski definition) is 3. The van der Waals surface area contributed by atoms with E-state index in [4.69, 9.17) is 16.3 Å². The highest BCUT2D eigenvalue weighted by Gasteiger charge is 2.04. The first-order chi connectivity index (χ1) is 8.13. The lowest BCUT2D eigenvalue weighted by Gasteiger charge is -2.10. The molecule has 0 amide bonds. The lowest BCUT2D eigenvalue weighted by Crippen LogP contribution is -2.23. The van der Waals surface area contributed by atoms with Crippen LogP contribution in [-0.2, 0) is 11.3 Å². The summed E-state index contributed by atoms with van der Waals surface area (Å²) < 4.78 is 18.1. The van der Waals surface area contributed by atoms with E-state index in [0.29, 0.717) is 36.7 Å². The van der Waals surface area contributed by atoms with E-state index in [9.17, 15) is 9.50 Å². The van der Waals surface area contributed by atoms with Gasteiger partial charge in [0, 0.05) is 24.2 Å². The van der Waals surface area contributed by atoms with Crippen molar-refractivity contribution >= 4 is 11.6 Å². The molecule has 0 heterocycles. The minimum Gasteiger partial charge on any atom is -0.391 e. The second-order valence-electron chi connectivity index (χ2n) is 3.81. The van der Waals surface area contributed by atoms with Gasteiger partial charge in [-0.05, 0) is 31.2 Å². The van der Waals surface area contributed by atoms with E-state index in [1.165, 1.54) is 19.2 Å². The molecule has 1 atom stereocenters. The maximum atomic E-state index is 13.3. The predicted molar refractivity (Wildman–Crippen MR) is 65.6 cm³/mol. The molecule has 3 nitrogen and oxygen atoms in total. The van der Waals surface area contributed by atoms with Crippen LogP contribution in [0.1, 0.15) is 12.0 Å². The first-order valence-corrected chi connectivity index (χ1v) is 5.83. The quantitative estimate of drug-likeness (QED) is 0.738. The van der Waals surface area contributed by atoms with Gasteiger partial charge in [-0.25, -0.2) is 4.39 Å². The number of ether oxygens (including phenoxy) is 1. The molecule has 0 aliphatic carbocycles. The number of benzene rings is 1. The number of aliphatic hydroxyl groups excluding tert-OH is 1. The van der Waals surface area contributed by atoms with Crippen LogP contribution in [0.3, 0.4) is 0 Å². The maximum absolute atomic E-state index is 13.3. The minimum absolute atomic E-state index is 0.278. The molecular formula is C12H17ClFNO2. The molecule has 0 spiro atoms. The summed E-state index contributed by atoms with van der Waals surface area (Å²) in [5, 5.41) is 12.9. The average molecular weight is 262 g/mol. The summed E-state index contributed by atoms with van der Waals surface area (Å²) in [5.41, 5.74) is 0.527. The van der Waals surface area contributed by atoms with Gasteiger partial charge in [-0.1, -0.05) is 11.6 Å². The molecule has 1 rings (SSSR count). The zero-order valence-corrected chi connectivity index (χ0v) is 10.5. The molecule has 0 bridgehead atoms. The zero-order chi connectivity index (χ0) is 12.7. The van der Waals surface area contributed by atoms with Gasteiger partial charge in [0.25, 0.3) is 0 Å². The van der Waals surface area contributed by atoms with Crippen molar-refractivity contribution in [3.05, 3.63) is 34.6 Å². The molecular weight excluding hydrogens is 245 g/mol. The predicted octanol–water partition coefficient (Wildman–Crippen LogP) is 1.97. The van der Waals surface area contributed by atoms with E-state index in [-0.39, 0.29) is 5.82 Å². The van der Waals surface area contributed by atoms with Gasteiger partial charge in [-0.15, -0.1) is 0 Å². The van der Waals surface area contributed by atoms with E-state index in [1.54, 1.807) is 6.07 Å². The highest BCUT2D eigenvalue weighted by Crippen LogP contribution is 2.14. The first kappa shape index (κ1) is 14.4. The van der Waals surface area contributed by atoms with E-state index in [0.717, 1.165) is 0 Å². The van der Waals surface area contributed by atoms with E-state index in [1.807, 2.05) is 0 Å². The Morgan fingerprint density at radius 1 is 1.53 bits per heavy atom. The van der Waals surface area contributed by atoms with Gasteiger partial charge in [-0.3, -0.25) is 0 Å². The Morgan fingerprint density at radius 2 is 2.29 bits per heavy atom. The Bertz CT molecular complexity index is 349. The van der Waals surface area contributed by atoms with Crippen LogP contribution in [0.25, 0.3) is 0 Å². The summed E-state index contributed by atoms with van der Waals surface area (Å²) in [6, 6.07) is 4.46. The van der Waals surface area contributed by atoms with Crippen molar-refractivity contribution in [2.75, 3.05) is 20.3 Å². The van der Waals surface area contributed by atoms with Gasteiger partial charge in [0.2, 0.25) is 0 Å². The fourth-order valence-corrected chi connectivity index (χ4v) is 1.64. The van der Waals surface area contributed by atoms with Crippen LogP contribution < -0.4 is 5.32 Å². The fourth-order valence-electron chi connectivity index (χ4n) is 1.45. The third kappa shape index (κ3) is 5.46. The number of hydrogen-bond donors (Lipinski definition) is 2. The normalized spacial score (nSPS) is 12.7. The van der Waals surface area contributed by atoms with E-state index >= 15 is 0 Å². The highest BCUT2D eigenvalue weighted by atomic mass is 35.5. The van der Waals surface area contributed by atoms with Gasteiger partial charge >= 0.3 is 0 Å². The number of rotatable bonds is 7. The third-order valence-electron chi connectivity index (χ3n) is 2.34. The van der Waals surface area contributed by atoms with Gasteiger partial charge < -0.3 is 15.2 Å². The summed E-state index contributed by atoms with van der Waals surface area (Å²) in [4.78, 5) is 0. The van der Waals surface area contributed by atoms with Crippen molar-refractivity contribution in [2.24, 2.45) is 0 Å². The standard InChI is InChI=1S/C12H17ClFNO2/c1-17-8-11(16)4-5-15-7-9-6-10(13)2-3-12(9)14/h2-3,6,11,15-16H,4-5,7-8H2,1H3. The molecule has 1 unspecified atom stereocenters. The van der Waals surface area contributed by atoms with E-state index in [2.05, 4.69) is 5.32 Å². The molecule has 17 heavy (non-hydrogen) atoms. The zero-order valence-electron chi connectivity index (χ0n) is 9.75. The highest BCUT2D eigenvalue weighted by molar-refractivity contribution is 6.30. The molecule has 5 heteroatoms. The topological polar surface area (TPSA) is 41.5 Å². The number of halogens is 2. The van der Waals surface area contributed by atoms with Crippen molar-refractivity contribution in [1.82, 2.24) is 5.32 Å². The van der Waals surface area contributed by atoms with Crippen LogP contribution in [0, 0.1) is 5.82 Å². The van der Waals surface area contributed by atoms with Crippen molar-refractivity contribution in [3.63, 3.8) is 0 Å². The number of aliphatic hydroxyl groups is 1. The smallest absolute Gasteiger partial charge is 0.127 e. The second kappa shape index (κ2) is 7.61. The Kier molecular flexibility index (Phi) is 6.44. The largest absolute Gasteiger partial charge is 0.391 e. The molecule has 0 aliphatic rings. The van der Waals surface area contributed by atoms with Crippen LogP contribution in [0.2, 0.25) is 5.02 Å². The van der Waals surface area contributed by atoms with Gasteiger partial charge in [0.1, 0.15) is 5.82 Å². The van der Waals surface area contributed by atoms with Crippen molar-refractivity contribution < 1.29 is 14.2 Å². The number of nitrogens with one attached hydrogen (secondary N) is 1. The molecule has 0 fully saturated rings. The summed E-state index contributed by atoms with van der Waals surface area (Å²) in [6.45, 7) is 1.30. The van der Waals surface area contributed by atoms with Crippen LogP contribution in [-0.4, -0.2) is 31.5 Å². The lowest BCUT2D eigenvalue weighted by molar-refractivity contribution is 0.0594. The summed E-state index contributed by atoms with van der Waals surface area (Å²) in [7, 11) is 1.54. The molecule has 0 aromatic heterocycles. The van der Waals surface area contributed by atoms with Crippen LogP contribution in [0.4, 0.5) is 4.39 Å². The second-order valence-corrected chi connectivity index (χ2v) is 4.25. The average Bonchev–Trinajstić information content (AvgIpc) is 2.29. The molecule has 0 saturated heterocycles. The monoisotopic (exact) mass is 261 g/mol. The maximum Gasteiger partial charge on any atom is 0.127 e. The van der Waals surface area contributed by atoms with Gasteiger partial charge in [0.15, 0.2) is 0 Å². The van der Waals surface area contributed by atoms with Crippen LogP contribution in [0.15, 0.2) is 18.2 Å². The summed E-state index contributed by atoms with van der Waals surface area (Å²) >= 11 is 5.77. The van der Waals surface area contributed by atoms with E-state index < -0.39 is 6.10 Å². The lowest BCUT2D eigenvalue weighted by atomic mass is 10.2. The summed E-state index contributed by atoms with van der Waals surface area (Å²) in [5.74, 6) is -0.278. The molecule has 96 valence electrons. The molecule has 0 aliphatic heterocycles. The molecule has 2 N–H and O–H groups in total. The molecule has 1 aromatic carbocycles. The van der Waals surface area contributed by atoms with Gasteiger partial charge in [0.05, 0.1) is 12.7 Å². The third-order valence-corrected chi connectivity index (χ3v) is 2.57. The first-order valence-electron chi connectivity index (χ1n) is 5.45. The Labute approximate surface area is 106 Å². The Hall–Kier alpha value is -0.680. The van der Waals surface area contributed by atoms with Crippen LogP contribution >= 0.6 is 11.6 Å². The molecule has 0 saturated carbocycles. The van der Waals surface area contributed by atoms with Crippen molar-refractivity contribution in [3.8, 4) is 0 Å². The van der Waals surface area contributed by atoms with Crippen molar-refractivity contribution in [2.45, 2.75) is 19.1 Å². The Balaban J connectivity index is 2.28. The number of methoxy groups -OCH3 is 1. The molecule has 1 aromatic rings. The molecule has 0 radical (unpaired) electrons. The van der Waals surface area contributed by atoms with Gasteiger partial charge in [-0.2, -0.15) is 0 Å². The van der Waals surface area contributed by atoms with Crippen molar-refractivity contribution in [1.29, 1.82) is 0 Å². The minimum atomic E-state index is -0.489. The van der Waals surface area contributed by atoms with Crippen LogP contribution in [0.5, 0.6) is 0 Å².